The maximum atomic E-state index is 10.3. The Labute approximate surface area is 125 Å². The van der Waals surface area contributed by atoms with E-state index in [-0.39, 0.29) is 0 Å². The molecule has 0 unspecified atom stereocenters. The van der Waals surface area contributed by atoms with Crippen LogP contribution in [-0.4, -0.2) is 11.1 Å². The molecule has 118 valence electrons. The van der Waals surface area contributed by atoms with E-state index in [4.69, 9.17) is 5.11 Å². The van der Waals surface area contributed by atoms with Crippen LogP contribution in [0.25, 0.3) is 0 Å². The van der Waals surface area contributed by atoms with Crippen LogP contribution in [0.2, 0.25) is 0 Å². The summed E-state index contributed by atoms with van der Waals surface area (Å²) in [6.45, 7) is 4.59. The first kappa shape index (κ1) is 19.2. The largest absolute Gasteiger partial charge is 0.481 e. The molecule has 0 saturated carbocycles. The van der Waals surface area contributed by atoms with Crippen molar-refractivity contribution in [3.05, 3.63) is 12.2 Å². The number of allylic oxidation sites excluding steroid dienone is 2. The molecule has 0 fully saturated rings. The average Bonchev–Trinajstić information content (AvgIpc) is 2.38. The number of carboxylic acids is 1. The Morgan fingerprint density at radius 1 is 0.850 bits per heavy atom. The van der Waals surface area contributed by atoms with E-state index in [0.717, 1.165) is 31.6 Å². The molecule has 0 radical (unpaired) electrons. The summed E-state index contributed by atoms with van der Waals surface area (Å²) in [5, 5.41) is 8.51. The molecule has 0 aromatic carbocycles. The fourth-order valence-electron chi connectivity index (χ4n) is 2.30. The zero-order valence-corrected chi connectivity index (χ0v) is 13.6. The van der Waals surface area contributed by atoms with Crippen molar-refractivity contribution in [3.8, 4) is 0 Å². The molecule has 20 heavy (non-hydrogen) atoms. The van der Waals surface area contributed by atoms with E-state index in [1.54, 1.807) is 0 Å². The molecule has 2 heteroatoms. The lowest BCUT2D eigenvalue weighted by atomic mass is 10.0. The number of carbonyl (C=O) groups is 1. The molecule has 0 amide bonds. The van der Waals surface area contributed by atoms with Crippen molar-refractivity contribution in [2.24, 2.45) is 5.92 Å². The number of aliphatic carboxylic acids is 1. The van der Waals surface area contributed by atoms with Crippen LogP contribution in [0.15, 0.2) is 12.2 Å². The highest BCUT2D eigenvalue weighted by atomic mass is 16.4. The minimum absolute atomic E-state index is 0.326. The zero-order valence-electron chi connectivity index (χ0n) is 13.6. The molecule has 0 aromatic rings. The second kappa shape index (κ2) is 14.6. The lowest BCUT2D eigenvalue weighted by Crippen LogP contribution is -1.93. The zero-order chi connectivity index (χ0) is 15.1. The van der Waals surface area contributed by atoms with Crippen molar-refractivity contribution in [3.63, 3.8) is 0 Å². The highest BCUT2D eigenvalue weighted by Gasteiger charge is 1.95. The van der Waals surface area contributed by atoms with Crippen molar-refractivity contribution < 1.29 is 9.90 Å². The van der Waals surface area contributed by atoms with Gasteiger partial charge in [-0.3, -0.25) is 4.79 Å². The van der Waals surface area contributed by atoms with Crippen molar-refractivity contribution >= 4 is 5.97 Å². The molecule has 0 rings (SSSR count). The second-order valence-electron chi connectivity index (χ2n) is 6.20. The Hall–Kier alpha value is -0.790. The molecule has 0 saturated heterocycles. The SMILES string of the molecule is CC(C)CCCCCC/C=C\CCCCCCC(=O)O. The van der Waals surface area contributed by atoms with Crippen LogP contribution in [0.4, 0.5) is 0 Å². The summed E-state index contributed by atoms with van der Waals surface area (Å²) in [4.78, 5) is 10.3. The lowest BCUT2D eigenvalue weighted by molar-refractivity contribution is -0.137. The molecule has 1 N–H and O–H groups in total. The summed E-state index contributed by atoms with van der Waals surface area (Å²) < 4.78 is 0. The standard InChI is InChI=1S/C18H34O2/c1-17(2)15-13-11-9-7-5-3-4-6-8-10-12-14-16-18(19)20/h3-4,17H,5-16H2,1-2H3,(H,19,20)/b4-3-. The van der Waals surface area contributed by atoms with E-state index in [1.807, 2.05) is 0 Å². The molecule has 0 atom stereocenters. The summed E-state index contributed by atoms with van der Waals surface area (Å²) in [5.41, 5.74) is 0. The van der Waals surface area contributed by atoms with Gasteiger partial charge in [-0.15, -0.1) is 0 Å². The van der Waals surface area contributed by atoms with Crippen LogP contribution in [0, 0.1) is 5.92 Å². The molecule has 0 bridgehead atoms. The van der Waals surface area contributed by atoms with Crippen LogP contribution in [-0.2, 0) is 4.79 Å². The van der Waals surface area contributed by atoms with Gasteiger partial charge in [-0.2, -0.15) is 0 Å². The smallest absolute Gasteiger partial charge is 0.303 e. The topological polar surface area (TPSA) is 37.3 Å². The maximum absolute atomic E-state index is 10.3. The van der Waals surface area contributed by atoms with Crippen LogP contribution < -0.4 is 0 Å². The van der Waals surface area contributed by atoms with Gasteiger partial charge in [-0.25, -0.2) is 0 Å². The first-order valence-corrected chi connectivity index (χ1v) is 8.49. The van der Waals surface area contributed by atoms with Gasteiger partial charge in [0.2, 0.25) is 0 Å². The van der Waals surface area contributed by atoms with Crippen molar-refractivity contribution in [1.29, 1.82) is 0 Å². The van der Waals surface area contributed by atoms with Crippen molar-refractivity contribution in [1.82, 2.24) is 0 Å². The molecule has 2 nitrogen and oxygen atoms in total. The van der Waals surface area contributed by atoms with Gasteiger partial charge in [0.25, 0.3) is 0 Å². The fraction of sp³-hybridized carbons (Fsp3) is 0.833. The maximum Gasteiger partial charge on any atom is 0.303 e. The summed E-state index contributed by atoms with van der Waals surface area (Å²) in [7, 11) is 0. The Morgan fingerprint density at radius 2 is 1.35 bits per heavy atom. The van der Waals surface area contributed by atoms with Gasteiger partial charge < -0.3 is 5.11 Å². The average molecular weight is 282 g/mol. The van der Waals surface area contributed by atoms with Crippen LogP contribution in [0.3, 0.4) is 0 Å². The fourth-order valence-corrected chi connectivity index (χ4v) is 2.30. The van der Waals surface area contributed by atoms with Crippen molar-refractivity contribution in [2.45, 2.75) is 90.9 Å². The molecule has 0 aliphatic heterocycles. The summed E-state index contributed by atoms with van der Waals surface area (Å²) in [6, 6.07) is 0. The molecular weight excluding hydrogens is 248 g/mol. The van der Waals surface area contributed by atoms with Gasteiger partial charge in [0.15, 0.2) is 0 Å². The van der Waals surface area contributed by atoms with Crippen molar-refractivity contribution in [2.75, 3.05) is 0 Å². The number of carboxylic acid groups (broad SMARTS) is 1. The minimum Gasteiger partial charge on any atom is -0.481 e. The third-order valence-corrected chi connectivity index (χ3v) is 3.58. The Bertz CT molecular complexity index is 244. The first-order valence-electron chi connectivity index (χ1n) is 8.49. The molecule has 0 spiro atoms. The monoisotopic (exact) mass is 282 g/mol. The van der Waals surface area contributed by atoms with Gasteiger partial charge in [-0.05, 0) is 38.0 Å². The molecule has 0 aliphatic rings. The van der Waals surface area contributed by atoms with E-state index >= 15 is 0 Å². The first-order chi connectivity index (χ1) is 9.63. The predicted octanol–water partition coefficient (Wildman–Crippen LogP) is 5.96. The van der Waals surface area contributed by atoms with E-state index in [2.05, 4.69) is 26.0 Å². The second-order valence-corrected chi connectivity index (χ2v) is 6.20. The van der Waals surface area contributed by atoms with Gasteiger partial charge in [0.05, 0.1) is 0 Å². The van der Waals surface area contributed by atoms with Crippen LogP contribution >= 0.6 is 0 Å². The molecule has 0 aliphatic carbocycles. The summed E-state index contributed by atoms with van der Waals surface area (Å²) in [6.07, 6.45) is 18.4. The Balaban J connectivity index is 3.11. The van der Waals surface area contributed by atoms with Gasteiger partial charge in [-0.1, -0.05) is 64.5 Å². The van der Waals surface area contributed by atoms with E-state index < -0.39 is 5.97 Å². The van der Waals surface area contributed by atoms with E-state index in [1.165, 1.54) is 44.9 Å². The Kier molecular flexibility index (Phi) is 14.0. The number of hydrogen-bond acceptors (Lipinski definition) is 1. The lowest BCUT2D eigenvalue weighted by Gasteiger charge is -2.03. The predicted molar refractivity (Wildman–Crippen MR) is 87.0 cm³/mol. The van der Waals surface area contributed by atoms with E-state index in [9.17, 15) is 4.79 Å². The van der Waals surface area contributed by atoms with Crippen LogP contribution in [0.1, 0.15) is 90.9 Å². The minimum atomic E-state index is -0.668. The molecular formula is C18H34O2. The summed E-state index contributed by atoms with van der Waals surface area (Å²) in [5.74, 6) is 0.184. The van der Waals surface area contributed by atoms with E-state index in [0.29, 0.717) is 6.42 Å². The van der Waals surface area contributed by atoms with Gasteiger partial charge >= 0.3 is 5.97 Å². The molecule has 0 heterocycles. The molecule has 0 aromatic heterocycles. The highest BCUT2D eigenvalue weighted by Crippen LogP contribution is 2.11. The summed E-state index contributed by atoms with van der Waals surface area (Å²) >= 11 is 0. The third kappa shape index (κ3) is 17.2. The third-order valence-electron chi connectivity index (χ3n) is 3.58. The Morgan fingerprint density at radius 3 is 1.85 bits per heavy atom. The highest BCUT2D eigenvalue weighted by molar-refractivity contribution is 5.66. The van der Waals surface area contributed by atoms with Gasteiger partial charge in [0.1, 0.15) is 0 Å². The number of unbranched alkanes of at least 4 members (excludes halogenated alkanes) is 8. The number of hydrogen-bond donors (Lipinski definition) is 1. The quantitative estimate of drug-likeness (QED) is 0.315. The van der Waals surface area contributed by atoms with Gasteiger partial charge in [0, 0.05) is 6.42 Å². The normalized spacial score (nSPS) is 11.6. The number of rotatable bonds is 14. The van der Waals surface area contributed by atoms with Crippen LogP contribution in [0.5, 0.6) is 0 Å².